The number of imide groups is 1. The normalized spacial score (nSPS) is 15.3. The molecule has 0 bridgehead atoms. The molecule has 2 N–H and O–H groups in total. The van der Waals surface area contributed by atoms with E-state index >= 15 is 0 Å². The van der Waals surface area contributed by atoms with Gasteiger partial charge in [-0.05, 0) is 31.2 Å². The smallest absolute Gasteiger partial charge is 0.338 e. The highest BCUT2D eigenvalue weighted by atomic mass is 16.5. The van der Waals surface area contributed by atoms with Crippen molar-refractivity contribution in [1.29, 1.82) is 0 Å². The van der Waals surface area contributed by atoms with Crippen LogP contribution in [0.15, 0.2) is 46.5 Å². The molecule has 0 radical (unpaired) electrons. The van der Waals surface area contributed by atoms with Crippen LogP contribution in [-0.4, -0.2) is 24.5 Å². The maximum absolute atomic E-state index is 11.6. The zero-order valence-electron chi connectivity index (χ0n) is 12.8. The number of rotatable bonds is 4. The number of hydrogen-bond acceptors (Lipinski definition) is 5. The number of nitrogens with one attached hydrogen (secondary N) is 2. The maximum atomic E-state index is 11.6. The van der Waals surface area contributed by atoms with E-state index in [2.05, 4.69) is 10.6 Å². The molecule has 3 amide bonds. The molecule has 1 aromatic heterocycles. The molecule has 0 atom stereocenters. The minimum atomic E-state index is -0.562. The van der Waals surface area contributed by atoms with Crippen LogP contribution in [0.4, 0.5) is 4.79 Å². The summed E-state index contributed by atoms with van der Waals surface area (Å²) in [5, 5.41) is 4.49. The number of benzene rings is 1. The molecule has 7 nitrogen and oxygen atoms in total. The van der Waals surface area contributed by atoms with Crippen LogP contribution in [0.2, 0.25) is 0 Å². The molecule has 2 aromatic rings. The largest absolute Gasteiger partial charge is 0.462 e. The van der Waals surface area contributed by atoms with Gasteiger partial charge in [0.05, 0.1) is 12.2 Å². The third-order valence-corrected chi connectivity index (χ3v) is 3.31. The average molecular weight is 326 g/mol. The number of amides is 3. The van der Waals surface area contributed by atoms with Crippen molar-refractivity contribution in [2.45, 2.75) is 6.92 Å². The SMILES string of the molecule is CCOC(=O)c1ccc(-c2ccc(C=C3NC(=O)NC3=O)o2)cc1. The first-order chi connectivity index (χ1) is 11.6. The summed E-state index contributed by atoms with van der Waals surface area (Å²) in [6.45, 7) is 2.07. The van der Waals surface area contributed by atoms with Crippen LogP contribution in [0, 0.1) is 0 Å². The summed E-state index contributed by atoms with van der Waals surface area (Å²) in [5.41, 5.74) is 1.35. The van der Waals surface area contributed by atoms with E-state index in [-0.39, 0.29) is 11.7 Å². The maximum Gasteiger partial charge on any atom is 0.338 e. The van der Waals surface area contributed by atoms with Crippen molar-refractivity contribution in [2.24, 2.45) is 0 Å². The van der Waals surface area contributed by atoms with Crippen molar-refractivity contribution < 1.29 is 23.5 Å². The molecular formula is C17H14N2O5. The van der Waals surface area contributed by atoms with Gasteiger partial charge < -0.3 is 14.5 Å². The minimum absolute atomic E-state index is 0.124. The lowest BCUT2D eigenvalue weighted by Gasteiger charge is -2.02. The Labute approximate surface area is 137 Å². The molecule has 0 spiro atoms. The molecule has 0 aliphatic carbocycles. The van der Waals surface area contributed by atoms with E-state index in [1.54, 1.807) is 43.3 Å². The predicted molar refractivity (Wildman–Crippen MR) is 84.8 cm³/mol. The lowest BCUT2D eigenvalue weighted by molar-refractivity contribution is -0.115. The number of ether oxygens (including phenoxy) is 1. The Hall–Kier alpha value is -3.35. The van der Waals surface area contributed by atoms with Gasteiger partial charge in [-0.25, -0.2) is 9.59 Å². The van der Waals surface area contributed by atoms with Gasteiger partial charge in [0.15, 0.2) is 0 Å². The number of carbonyl (C=O) groups excluding carboxylic acids is 3. The summed E-state index contributed by atoms with van der Waals surface area (Å²) in [5.74, 6) is 0.113. The highest BCUT2D eigenvalue weighted by Crippen LogP contribution is 2.24. The third-order valence-electron chi connectivity index (χ3n) is 3.31. The Morgan fingerprint density at radius 1 is 1.12 bits per heavy atom. The molecule has 7 heteroatoms. The molecule has 1 aliphatic rings. The molecule has 1 fully saturated rings. The topological polar surface area (TPSA) is 97.6 Å². The van der Waals surface area contributed by atoms with Crippen LogP contribution >= 0.6 is 0 Å². The number of furan rings is 1. The van der Waals surface area contributed by atoms with E-state index in [0.717, 1.165) is 5.56 Å². The first-order valence-electron chi connectivity index (χ1n) is 7.28. The van der Waals surface area contributed by atoms with Gasteiger partial charge >= 0.3 is 12.0 Å². The van der Waals surface area contributed by atoms with Crippen LogP contribution in [0.25, 0.3) is 17.4 Å². The molecule has 3 rings (SSSR count). The monoisotopic (exact) mass is 326 g/mol. The molecule has 1 aliphatic heterocycles. The highest BCUT2D eigenvalue weighted by Gasteiger charge is 2.23. The fourth-order valence-corrected chi connectivity index (χ4v) is 2.20. The average Bonchev–Trinajstić information content (AvgIpc) is 3.15. The highest BCUT2D eigenvalue weighted by molar-refractivity contribution is 6.13. The summed E-state index contributed by atoms with van der Waals surface area (Å²) in [6.07, 6.45) is 1.44. The van der Waals surface area contributed by atoms with Crippen molar-refractivity contribution >= 4 is 24.0 Å². The lowest BCUT2D eigenvalue weighted by Crippen LogP contribution is -2.22. The molecule has 2 heterocycles. The van der Waals surface area contributed by atoms with E-state index in [0.29, 0.717) is 23.7 Å². The standard InChI is InChI=1S/C17H14N2O5/c1-2-23-16(21)11-5-3-10(4-6-11)14-8-7-12(24-14)9-13-15(20)19-17(22)18-13/h3-9H,2H2,1H3,(H2,18,19,20,22). The van der Waals surface area contributed by atoms with Crippen molar-refractivity contribution in [3.8, 4) is 11.3 Å². The Balaban J connectivity index is 1.78. The van der Waals surface area contributed by atoms with Crippen molar-refractivity contribution in [2.75, 3.05) is 6.61 Å². The Morgan fingerprint density at radius 3 is 2.50 bits per heavy atom. The van der Waals surface area contributed by atoms with Crippen molar-refractivity contribution in [3.05, 3.63) is 53.4 Å². The molecule has 0 unspecified atom stereocenters. The third kappa shape index (κ3) is 3.19. The van der Waals surface area contributed by atoms with Crippen molar-refractivity contribution in [3.63, 3.8) is 0 Å². The molecule has 122 valence electrons. The van der Waals surface area contributed by atoms with Gasteiger partial charge in [-0.2, -0.15) is 0 Å². The Morgan fingerprint density at radius 2 is 1.88 bits per heavy atom. The van der Waals surface area contributed by atoms with Gasteiger partial charge in [0.25, 0.3) is 5.91 Å². The Bertz CT molecular complexity index is 833. The molecule has 1 saturated heterocycles. The zero-order chi connectivity index (χ0) is 17.1. The van der Waals surface area contributed by atoms with Gasteiger partial charge in [0.2, 0.25) is 0 Å². The first kappa shape index (κ1) is 15.5. The number of carbonyl (C=O) groups is 3. The van der Waals surface area contributed by atoms with Crippen LogP contribution in [0.1, 0.15) is 23.0 Å². The minimum Gasteiger partial charge on any atom is -0.462 e. The van der Waals surface area contributed by atoms with Crippen molar-refractivity contribution in [1.82, 2.24) is 10.6 Å². The molecule has 24 heavy (non-hydrogen) atoms. The van der Waals surface area contributed by atoms with Gasteiger partial charge in [-0.1, -0.05) is 12.1 Å². The van der Waals surface area contributed by atoms with E-state index in [1.807, 2.05) is 0 Å². The second kappa shape index (κ2) is 6.41. The molecular weight excluding hydrogens is 312 g/mol. The fraction of sp³-hybridized carbons (Fsp3) is 0.118. The van der Waals surface area contributed by atoms with E-state index in [4.69, 9.17) is 9.15 Å². The van der Waals surface area contributed by atoms with Gasteiger partial charge in [0.1, 0.15) is 17.2 Å². The first-order valence-corrected chi connectivity index (χ1v) is 7.28. The molecule has 0 saturated carbocycles. The summed E-state index contributed by atoms with van der Waals surface area (Å²) in [4.78, 5) is 34.2. The summed E-state index contributed by atoms with van der Waals surface area (Å²) < 4.78 is 10.6. The number of esters is 1. The van der Waals surface area contributed by atoms with Crippen LogP contribution in [0.5, 0.6) is 0 Å². The summed E-state index contributed by atoms with van der Waals surface area (Å²) in [6, 6.07) is 9.64. The summed E-state index contributed by atoms with van der Waals surface area (Å²) >= 11 is 0. The summed E-state index contributed by atoms with van der Waals surface area (Å²) in [7, 11) is 0. The quantitative estimate of drug-likeness (QED) is 0.510. The van der Waals surface area contributed by atoms with Gasteiger partial charge in [-0.3, -0.25) is 10.1 Å². The Kier molecular flexibility index (Phi) is 4.15. The number of urea groups is 1. The fourth-order valence-electron chi connectivity index (χ4n) is 2.20. The lowest BCUT2D eigenvalue weighted by atomic mass is 10.1. The van der Waals surface area contributed by atoms with E-state index < -0.39 is 11.9 Å². The van der Waals surface area contributed by atoms with Crippen LogP contribution < -0.4 is 10.6 Å². The number of hydrogen-bond donors (Lipinski definition) is 2. The predicted octanol–water partition coefficient (Wildman–Crippen LogP) is 2.30. The van der Waals surface area contributed by atoms with Gasteiger partial charge in [0, 0.05) is 11.6 Å². The van der Waals surface area contributed by atoms with E-state index in [9.17, 15) is 14.4 Å². The van der Waals surface area contributed by atoms with E-state index in [1.165, 1.54) is 6.08 Å². The second-order valence-electron chi connectivity index (χ2n) is 4.97. The van der Waals surface area contributed by atoms with Gasteiger partial charge in [-0.15, -0.1) is 0 Å². The van der Waals surface area contributed by atoms with Crippen LogP contribution in [-0.2, 0) is 9.53 Å². The zero-order valence-corrected chi connectivity index (χ0v) is 12.8. The molecule has 1 aromatic carbocycles. The van der Waals surface area contributed by atoms with Crippen LogP contribution in [0.3, 0.4) is 0 Å². The second-order valence-corrected chi connectivity index (χ2v) is 4.97.